The molecule has 0 atom stereocenters. The number of aryl methyl sites for hydroxylation is 2. The van der Waals surface area contributed by atoms with E-state index in [1.165, 1.54) is 11.1 Å². The first kappa shape index (κ1) is 11.6. The van der Waals surface area contributed by atoms with Crippen LogP contribution in [-0.2, 0) is 0 Å². The lowest BCUT2D eigenvalue weighted by molar-refractivity contribution is 1.07. The Kier molecular flexibility index (Phi) is 2.84. The molecule has 1 aromatic carbocycles. The van der Waals surface area contributed by atoms with Gasteiger partial charge in [0.05, 0.1) is 0 Å². The van der Waals surface area contributed by atoms with Gasteiger partial charge in [0.2, 0.25) is 0 Å². The van der Waals surface area contributed by atoms with E-state index in [1.807, 2.05) is 26.0 Å². The second-order valence-corrected chi connectivity index (χ2v) is 4.39. The van der Waals surface area contributed by atoms with Gasteiger partial charge in [0.1, 0.15) is 5.82 Å². The summed E-state index contributed by atoms with van der Waals surface area (Å²) in [5, 5.41) is 0. The molecule has 88 valence electrons. The van der Waals surface area contributed by atoms with Crippen molar-refractivity contribution in [2.75, 3.05) is 5.73 Å². The van der Waals surface area contributed by atoms with Crippen LogP contribution < -0.4 is 5.73 Å². The van der Waals surface area contributed by atoms with Gasteiger partial charge in [0.15, 0.2) is 5.82 Å². The van der Waals surface area contributed by atoms with Crippen LogP contribution in [0.5, 0.6) is 0 Å². The minimum absolute atomic E-state index is 0.563. The third-order valence-corrected chi connectivity index (χ3v) is 3.27. The highest BCUT2D eigenvalue weighted by molar-refractivity contribution is 5.63. The average molecular weight is 227 g/mol. The zero-order valence-electron chi connectivity index (χ0n) is 10.7. The number of nitrogen functional groups attached to an aromatic ring is 1. The molecular formula is C14H17N3. The van der Waals surface area contributed by atoms with Crippen LogP contribution in [0, 0.1) is 27.7 Å². The number of hydrogen-bond acceptors (Lipinski definition) is 3. The highest BCUT2D eigenvalue weighted by atomic mass is 15.0. The summed E-state index contributed by atoms with van der Waals surface area (Å²) in [7, 11) is 0. The van der Waals surface area contributed by atoms with Crippen LogP contribution in [0.1, 0.15) is 22.4 Å². The van der Waals surface area contributed by atoms with E-state index >= 15 is 0 Å². The van der Waals surface area contributed by atoms with Crippen molar-refractivity contribution in [2.45, 2.75) is 27.7 Å². The average Bonchev–Trinajstić information content (AvgIpc) is 2.29. The summed E-state index contributed by atoms with van der Waals surface area (Å²) >= 11 is 0. The molecule has 0 aliphatic rings. The van der Waals surface area contributed by atoms with Crippen LogP contribution in [0.25, 0.3) is 11.4 Å². The maximum absolute atomic E-state index is 5.90. The summed E-state index contributed by atoms with van der Waals surface area (Å²) in [6.45, 7) is 8.07. The molecule has 1 aromatic heterocycles. The molecule has 1 heterocycles. The maximum atomic E-state index is 5.90. The van der Waals surface area contributed by atoms with Crippen molar-refractivity contribution >= 4 is 5.82 Å². The van der Waals surface area contributed by atoms with Crippen molar-refractivity contribution in [3.05, 3.63) is 40.6 Å². The van der Waals surface area contributed by atoms with Crippen molar-refractivity contribution in [2.24, 2.45) is 0 Å². The lowest BCUT2D eigenvalue weighted by atomic mass is 10.0. The molecule has 17 heavy (non-hydrogen) atoms. The van der Waals surface area contributed by atoms with E-state index in [-0.39, 0.29) is 0 Å². The highest BCUT2D eigenvalue weighted by Crippen LogP contribution is 2.24. The lowest BCUT2D eigenvalue weighted by Crippen LogP contribution is -2.03. The molecule has 0 unspecified atom stereocenters. The molecule has 0 amide bonds. The minimum Gasteiger partial charge on any atom is -0.383 e. The lowest BCUT2D eigenvalue weighted by Gasteiger charge is -2.10. The molecule has 2 rings (SSSR count). The molecule has 0 fully saturated rings. The number of hydrogen-bond donors (Lipinski definition) is 1. The maximum Gasteiger partial charge on any atom is 0.162 e. The van der Waals surface area contributed by atoms with E-state index < -0.39 is 0 Å². The summed E-state index contributed by atoms with van der Waals surface area (Å²) in [4.78, 5) is 8.89. The van der Waals surface area contributed by atoms with Crippen LogP contribution in [0.3, 0.4) is 0 Å². The fourth-order valence-corrected chi connectivity index (χ4v) is 1.76. The second kappa shape index (κ2) is 4.17. The summed E-state index contributed by atoms with van der Waals surface area (Å²) < 4.78 is 0. The smallest absolute Gasteiger partial charge is 0.162 e. The molecule has 2 aromatic rings. The van der Waals surface area contributed by atoms with Gasteiger partial charge < -0.3 is 5.73 Å². The molecular weight excluding hydrogens is 210 g/mol. The SMILES string of the molecule is Cc1cccc(-c2nc(C)c(C)c(N)n2)c1C. The largest absolute Gasteiger partial charge is 0.383 e. The van der Waals surface area contributed by atoms with Crippen molar-refractivity contribution in [3.8, 4) is 11.4 Å². The van der Waals surface area contributed by atoms with Crippen molar-refractivity contribution in [1.82, 2.24) is 9.97 Å². The van der Waals surface area contributed by atoms with E-state index in [0.29, 0.717) is 11.6 Å². The van der Waals surface area contributed by atoms with Crippen molar-refractivity contribution in [1.29, 1.82) is 0 Å². The van der Waals surface area contributed by atoms with E-state index in [4.69, 9.17) is 5.73 Å². The van der Waals surface area contributed by atoms with Crippen LogP contribution >= 0.6 is 0 Å². The van der Waals surface area contributed by atoms with Gasteiger partial charge in [-0.25, -0.2) is 9.97 Å². The second-order valence-electron chi connectivity index (χ2n) is 4.39. The molecule has 0 saturated heterocycles. The van der Waals surface area contributed by atoms with Gasteiger partial charge in [0, 0.05) is 16.8 Å². The molecule has 0 aliphatic heterocycles. The molecule has 2 N–H and O–H groups in total. The standard InChI is InChI=1S/C14H17N3/c1-8-6-5-7-12(9(8)2)14-16-11(4)10(3)13(15)17-14/h5-7H,1-4H3,(H2,15,16,17). The van der Waals surface area contributed by atoms with Gasteiger partial charge in [-0.15, -0.1) is 0 Å². The van der Waals surface area contributed by atoms with Gasteiger partial charge in [-0.05, 0) is 38.8 Å². The Hall–Kier alpha value is -1.90. The molecule has 3 heteroatoms. The molecule has 0 aliphatic carbocycles. The van der Waals surface area contributed by atoms with Crippen LogP contribution in [-0.4, -0.2) is 9.97 Å². The van der Waals surface area contributed by atoms with Gasteiger partial charge in [-0.2, -0.15) is 0 Å². The van der Waals surface area contributed by atoms with Gasteiger partial charge in [-0.3, -0.25) is 0 Å². The third kappa shape index (κ3) is 2.00. The van der Waals surface area contributed by atoms with Crippen molar-refractivity contribution < 1.29 is 0 Å². The van der Waals surface area contributed by atoms with E-state index in [9.17, 15) is 0 Å². The first-order chi connectivity index (χ1) is 8.00. The van der Waals surface area contributed by atoms with Crippen LogP contribution in [0.2, 0.25) is 0 Å². The quantitative estimate of drug-likeness (QED) is 0.814. The van der Waals surface area contributed by atoms with Crippen molar-refractivity contribution in [3.63, 3.8) is 0 Å². The van der Waals surface area contributed by atoms with E-state index in [1.54, 1.807) is 0 Å². The zero-order valence-corrected chi connectivity index (χ0v) is 10.7. The molecule has 0 bridgehead atoms. The Bertz CT molecular complexity index is 551. The van der Waals surface area contributed by atoms with E-state index in [0.717, 1.165) is 16.8 Å². The van der Waals surface area contributed by atoms with Crippen LogP contribution in [0.4, 0.5) is 5.82 Å². The first-order valence-corrected chi connectivity index (χ1v) is 5.68. The van der Waals surface area contributed by atoms with Gasteiger partial charge >= 0.3 is 0 Å². The molecule has 0 radical (unpaired) electrons. The fraction of sp³-hybridized carbons (Fsp3) is 0.286. The first-order valence-electron chi connectivity index (χ1n) is 5.68. The van der Waals surface area contributed by atoms with E-state index in [2.05, 4.69) is 29.9 Å². The molecule has 0 saturated carbocycles. The Morgan fingerprint density at radius 1 is 0.941 bits per heavy atom. The highest BCUT2D eigenvalue weighted by Gasteiger charge is 2.10. The number of aromatic nitrogens is 2. The summed E-state index contributed by atoms with van der Waals surface area (Å²) in [5.41, 5.74) is 11.3. The number of nitrogens with two attached hydrogens (primary N) is 1. The summed E-state index contributed by atoms with van der Waals surface area (Å²) in [6.07, 6.45) is 0. The number of anilines is 1. The predicted octanol–water partition coefficient (Wildman–Crippen LogP) is 2.96. The molecule has 3 nitrogen and oxygen atoms in total. The zero-order chi connectivity index (χ0) is 12.6. The topological polar surface area (TPSA) is 51.8 Å². The molecule has 0 spiro atoms. The number of rotatable bonds is 1. The minimum atomic E-state index is 0.563. The Balaban J connectivity index is 2.65. The normalized spacial score (nSPS) is 10.6. The third-order valence-electron chi connectivity index (χ3n) is 3.27. The Labute approximate surface area is 102 Å². The summed E-state index contributed by atoms with van der Waals surface area (Å²) in [5.74, 6) is 1.28. The Morgan fingerprint density at radius 3 is 2.29 bits per heavy atom. The number of nitrogens with zero attached hydrogens (tertiary/aromatic N) is 2. The van der Waals surface area contributed by atoms with Gasteiger partial charge in [-0.1, -0.05) is 18.2 Å². The predicted molar refractivity (Wildman–Crippen MR) is 70.8 cm³/mol. The number of benzene rings is 1. The monoisotopic (exact) mass is 227 g/mol. The fourth-order valence-electron chi connectivity index (χ4n) is 1.76. The van der Waals surface area contributed by atoms with Crippen LogP contribution in [0.15, 0.2) is 18.2 Å². The van der Waals surface area contributed by atoms with Gasteiger partial charge in [0.25, 0.3) is 0 Å². The summed E-state index contributed by atoms with van der Waals surface area (Å²) in [6, 6.07) is 6.14. The Morgan fingerprint density at radius 2 is 1.65 bits per heavy atom.